The monoisotopic (exact) mass is 257 g/mol. The fourth-order valence-electron chi connectivity index (χ4n) is 1.42. The van der Waals surface area contributed by atoms with Crippen LogP contribution in [0.25, 0.3) is 0 Å². The number of aryl methyl sites for hydroxylation is 1. The first-order chi connectivity index (χ1) is 8.22. The van der Waals surface area contributed by atoms with Gasteiger partial charge in [-0.1, -0.05) is 13.8 Å². The van der Waals surface area contributed by atoms with Crippen LogP contribution in [0.2, 0.25) is 0 Å². The van der Waals surface area contributed by atoms with E-state index in [1.165, 1.54) is 0 Å². The summed E-state index contributed by atoms with van der Waals surface area (Å²) in [4.78, 5) is 0. The van der Waals surface area contributed by atoms with Gasteiger partial charge in [0.2, 0.25) is 0 Å². The normalized spacial score (nSPS) is 11.3. The van der Waals surface area contributed by atoms with E-state index in [2.05, 4.69) is 29.4 Å². The van der Waals surface area contributed by atoms with Crippen molar-refractivity contribution in [3.63, 3.8) is 0 Å². The van der Waals surface area contributed by atoms with Crippen LogP contribution in [0.3, 0.4) is 0 Å². The number of nitrogens with zero attached hydrogens (tertiary/aromatic N) is 2. The van der Waals surface area contributed by atoms with Crippen LogP contribution in [-0.4, -0.2) is 36.0 Å². The Morgan fingerprint density at radius 2 is 1.94 bits per heavy atom. The van der Waals surface area contributed by atoms with Crippen molar-refractivity contribution in [3.05, 3.63) is 10.0 Å². The Bertz CT molecular complexity index is 302. The summed E-state index contributed by atoms with van der Waals surface area (Å²) in [5.41, 5.74) is 0. The first-order valence-corrected chi connectivity index (χ1v) is 7.16. The molecule has 4 nitrogen and oxygen atoms in total. The summed E-state index contributed by atoms with van der Waals surface area (Å²) >= 11 is 1.71. The minimum absolute atomic E-state index is 0.561. The smallest absolute Gasteiger partial charge is 0.119 e. The van der Waals surface area contributed by atoms with Crippen molar-refractivity contribution in [1.82, 2.24) is 15.5 Å². The molecule has 0 spiro atoms. The molecule has 0 radical (unpaired) electrons. The highest BCUT2D eigenvalue weighted by Crippen LogP contribution is 2.12. The second-order valence-corrected chi connectivity index (χ2v) is 5.40. The lowest BCUT2D eigenvalue weighted by Crippen LogP contribution is -2.23. The second kappa shape index (κ2) is 8.55. The van der Waals surface area contributed by atoms with Gasteiger partial charge in [0.15, 0.2) is 0 Å². The predicted octanol–water partition coefficient (Wildman–Crippen LogP) is 2.05. The first-order valence-electron chi connectivity index (χ1n) is 6.34. The summed E-state index contributed by atoms with van der Waals surface area (Å²) in [6, 6.07) is 0.561. The summed E-state index contributed by atoms with van der Waals surface area (Å²) in [5, 5.41) is 14.0. The van der Waals surface area contributed by atoms with Gasteiger partial charge in [0.05, 0.1) is 6.61 Å². The van der Waals surface area contributed by atoms with Crippen molar-refractivity contribution in [2.45, 2.75) is 46.1 Å². The maximum Gasteiger partial charge on any atom is 0.119 e. The maximum absolute atomic E-state index is 5.30. The average Bonchev–Trinajstić information content (AvgIpc) is 2.73. The largest absolute Gasteiger partial charge is 0.381 e. The van der Waals surface area contributed by atoms with Gasteiger partial charge in [-0.15, -0.1) is 21.5 Å². The van der Waals surface area contributed by atoms with E-state index < -0.39 is 0 Å². The zero-order valence-electron chi connectivity index (χ0n) is 11.0. The van der Waals surface area contributed by atoms with Gasteiger partial charge in [-0.25, -0.2) is 0 Å². The van der Waals surface area contributed by atoms with E-state index in [-0.39, 0.29) is 0 Å². The zero-order valence-corrected chi connectivity index (χ0v) is 11.8. The highest BCUT2D eigenvalue weighted by molar-refractivity contribution is 7.11. The third-order valence-electron chi connectivity index (χ3n) is 2.29. The van der Waals surface area contributed by atoms with Crippen LogP contribution in [0.1, 0.15) is 37.2 Å². The van der Waals surface area contributed by atoms with Gasteiger partial charge < -0.3 is 10.1 Å². The summed E-state index contributed by atoms with van der Waals surface area (Å²) in [6.45, 7) is 8.90. The first kappa shape index (κ1) is 14.5. The van der Waals surface area contributed by atoms with E-state index in [0.717, 1.165) is 49.0 Å². The Kier molecular flexibility index (Phi) is 7.32. The lowest BCUT2D eigenvalue weighted by molar-refractivity contribution is 0.150. The van der Waals surface area contributed by atoms with Gasteiger partial charge >= 0.3 is 0 Å². The van der Waals surface area contributed by atoms with Gasteiger partial charge in [0.25, 0.3) is 0 Å². The highest BCUT2D eigenvalue weighted by Gasteiger charge is 2.04. The molecule has 17 heavy (non-hydrogen) atoms. The average molecular weight is 257 g/mol. The number of ether oxygens (including phenoxy) is 1. The fraction of sp³-hybridized carbons (Fsp3) is 0.833. The molecule has 0 aromatic carbocycles. The van der Waals surface area contributed by atoms with E-state index in [1.807, 2.05) is 6.92 Å². The topological polar surface area (TPSA) is 47.0 Å². The van der Waals surface area contributed by atoms with Crippen LogP contribution in [0.15, 0.2) is 0 Å². The van der Waals surface area contributed by atoms with Crippen molar-refractivity contribution in [3.8, 4) is 0 Å². The lowest BCUT2D eigenvalue weighted by Gasteiger charge is -2.05. The van der Waals surface area contributed by atoms with E-state index in [4.69, 9.17) is 4.74 Å². The molecule has 0 aliphatic rings. The molecule has 98 valence electrons. The summed E-state index contributed by atoms with van der Waals surface area (Å²) in [6.07, 6.45) is 3.03. The van der Waals surface area contributed by atoms with Crippen LogP contribution in [0.4, 0.5) is 0 Å². The third kappa shape index (κ3) is 6.71. The molecule has 1 N–H and O–H groups in total. The molecule has 5 heteroatoms. The Balaban J connectivity index is 2.16. The molecule has 0 unspecified atom stereocenters. The van der Waals surface area contributed by atoms with Crippen LogP contribution in [-0.2, 0) is 17.6 Å². The molecule has 0 fully saturated rings. The molecule has 1 rings (SSSR count). The molecule has 0 atom stereocenters. The molecule has 0 aliphatic heterocycles. The Hall–Kier alpha value is -0.520. The van der Waals surface area contributed by atoms with E-state index in [1.54, 1.807) is 11.3 Å². The third-order valence-corrected chi connectivity index (χ3v) is 3.34. The molecule has 1 aromatic rings. The number of nitrogens with one attached hydrogen (secondary N) is 1. The summed E-state index contributed by atoms with van der Waals surface area (Å²) in [5.74, 6) is 0. The SMILES string of the molecule is CCOCCc1nnc(CCCNC(C)C)s1. The predicted molar refractivity (Wildman–Crippen MR) is 71.6 cm³/mol. The number of aromatic nitrogens is 2. The van der Waals surface area contributed by atoms with E-state index in [0.29, 0.717) is 6.04 Å². The Labute approximate surface area is 108 Å². The molecular weight excluding hydrogens is 234 g/mol. The Morgan fingerprint density at radius 3 is 2.59 bits per heavy atom. The minimum Gasteiger partial charge on any atom is -0.381 e. The minimum atomic E-state index is 0.561. The van der Waals surface area contributed by atoms with Crippen LogP contribution >= 0.6 is 11.3 Å². The zero-order chi connectivity index (χ0) is 12.5. The molecule has 0 saturated heterocycles. The highest BCUT2D eigenvalue weighted by atomic mass is 32.1. The number of hydrogen-bond donors (Lipinski definition) is 1. The van der Waals surface area contributed by atoms with Crippen molar-refractivity contribution in [2.24, 2.45) is 0 Å². The quantitative estimate of drug-likeness (QED) is 0.688. The molecule has 0 saturated carbocycles. The van der Waals surface area contributed by atoms with Crippen LogP contribution < -0.4 is 5.32 Å². The summed E-state index contributed by atoms with van der Waals surface area (Å²) < 4.78 is 5.30. The van der Waals surface area contributed by atoms with Gasteiger partial charge in [0, 0.05) is 25.5 Å². The maximum atomic E-state index is 5.30. The second-order valence-electron chi connectivity index (χ2n) is 4.25. The van der Waals surface area contributed by atoms with Crippen molar-refractivity contribution in [1.29, 1.82) is 0 Å². The molecule has 0 amide bonds. The Morgan fingerprint density at radius 1 is 1.24 bits per heavy atom. The van der Waals surface area contributed by atoms with E-state index in [9.17, 15) is 0 Å². The van der Waals surface area contributed by atoms with Gasteiger partial charge in [-0.05, 0) is 19.9 Å². The van der Waals surface area contributed by atoms with Crippen molar-refractivity contribution < 1.29 is 4.74 Å². The van der Waals surface area contributed by atoms with Crippen molar-refractivity contribution >= 4 is 11.3 Å². The number of hydrogen-bond acceptors (Lipinski definition) is 5. The summed E-state index contributed by atoms with van der Waals surface area (Å²) in [7, 11) is 0. The molecular formula is C12H23N3OS. The number of rotatable bonds is 9. The molecule has 0 aliphatic carbocycles. The van der Waals surface area contributed by atoms with Gasteiger partial charge in [-0.3, -0.25) is 0 Å². The van der Waals surface area contributed by atoms with Crippen LogP contribution in [0, 0.1) is 0 Å². The van der Waals surface area contributed by atoms with Gasteiger partial charge in [-0.2, -0.15) is 0 Å². The van der Waals surface area contributed by atoms with E-state index >= 15 is 0 Å². The molecule has 1 aromatic heterocycles. The molecule has 1 heterocycles. The van der Waals surface area contributed by atoms with Crippen molar-refractivity contribution in [2.75, 3.05) is 19.8 Å². The fourth-order valence-corrected chi connectivity index (χ4v) is 2.29. The van der Waals surface area contributed by atoms with Crippen LogP contribution in [0.5, 0.6) is 0 Å². The lowest BCUT2D eigenvalue weighted by atomic mass is 10.3. The molecule has 0 bridgehead atoms. The standard InChI is InChI=1S/C12H23N3OS/c1-4-16-9-7-12-15-14-11(17-12)6-5-8-13-10(2)3/h10,13H,4-9H2,1-3H3. The van der Waals surface area contributed by atoms with Gasteiger partial charge in [0.1, 0.15) is 10.0 Å².